The average Bonchev–Trinajstić information content (AvgIpc) is 2.77. The lowest BCUT2D eigenvalue weighted by atomic mass is 9.63. The molecule has 0 radical (unpaired) electrons. The van der Waals surface area contributed by atoms with Gasteiger partial charge in [-0.3, -0.25) is 0 Å². The zero-order valence-corrected chi connectivity index (χ0v) is 18.0. The molecule has 1 unspecified atom stereocenters. The zero-order valence-electron chi connectivity index (χ0n) is 18.0. The minimum atomic E-state index is -2.78. The molecular formula is C27H34F2O. The van der Waals surface area contributed by atoms with Gasteiger partial charge in [-0.05, 0) is 84.6 Å². The highest BCUT2D eigenvalue weighted by Crippen LogP contribution is 2.48. The maximum absolute atomic E-state index is 12.3. The number of unbranched alkanes of at least 4 members (excludes halogenated alkanes) is 1. The van der Waals surface area contributed by atoms with Crippen molar-refractivity contribution in [2.45, 2.75) is 77.2 Å². The summed E-state index contributed by atoms with van der Waals surface area (Å²) in [5.74, 6) is 3.76. The van der Waals surface area contributed by atoms with Crippen LogP contribution < -0.4 is 4.74 Å². The van der Waals surface area contributed by atoms with E-state index in [1.54, 1.807) is 12.1 Å². The van der Waals surface area contributed by atoms with E-state index in [-0.39, 0.29) is 5.75 Å². The van der Waals surface area contributed by atoms with E-state index in [0.29, 0.717) is 5.92 Å². The van der Waals surface area contributed by atoms with Gasteiger partial charge in [0.05, 0.1) is 0 Å². The molecule has 0 spiro atoms. The maximum Gasteiger partial charge on any atom is 0.387 e. The number of hydrogen-bond donors (Lipinski definition) is 0. The van der Waals surface area contributed by atoms with Crippen molar-refractivity contribution in [3.63, 3.8) is 0 Å². The molecule has 2 aliphatic carbocycles. The predicted molar refractivity (Wildman–Crippen MR) is 119 cm³/mol. The second kappa shape index (κ2) is 9.94. The van der Waals surface area contributed by atoms with Gasteiger partial charge >= 0.3 is 6.61 Å². The topological polar surface area (TPSA) is 9.23 Å². The first-order valence-electron chi connectivity index (χ1n) is 11.8. The van der Waals surface area contributed by atoms with Gasteiger partial charge in [0.25, 0.3) is 0 Å². The standard InChI is InChI=1S/C27H34F2O/c1-2-3-4-19-5-6-25-18-24(12-11-23(25)17-19)22-9-7-20(8-10-22)21-13-15-26(16-14-21)30-27(28)29/h7-10,13-16,19,23-25,27H,2-6,11-12,17-18H2,1H3/t19?,23-,24-,25-/m1/s1. The van der Waals surface area contributed by atoms with E-state index in [9.17, 15) is 8.78 Å². The Kier molecular flexibility index (Phi) is 7.07. The van der Waals surface area contributed by atoms with E-state index < -0.39 is 6.61 Å². The van der Waals surface area contributed by atoms with Gasteiger partial charge in [-0.2, -0.15) is 8.78 Å². The summed E-state index contributed by atoms with van der Waals surface area (Å²) < 4.78 is 29.1. The number of hydrogen-bond acceptors (Lipinski definition) is 1. The van der Waals surface area contributed by atoms with E-state index in [1.165, 1.54) is 63.4 Å². The molecule has 2 aromatic carbocycles. The molecule has 4 rings (SSSR count). The highest BCUT2D eigenvalue weighted by atomic mass is 19.3. The molecule has 2 aliphatic rings. The second-order valence-corrected chi connectivity index (χ2v) is 9.38. The van der Waals surface area contributed by atoms with Crippen LogP contribution in [0.1, 0.15) is 76.2 Å². The summed E-state index contributed by atoms with van der Waals surface area (Å²) in [4.78, 5) is 0. The SMILES string of the molecule is CCCCC1CC[C@@H]2C[C@H](c3ccc(-c4ccc(OC(F)F)cc4)cc3)CC[C@@H]2C1. The number of halogens is 2. The molecule has 0 N–H and O–H groups in total. The fourth-order valence-corrected chi connectivity index (χ4v) is 5.82. The van der Waals surface area contributed by atoms with E-state index in [2.05, 4.69) is 35.9 Å². The van der Waals surface area contributed by atoms with Crippen LogP contribution in [0.2, 0.25) is 0 Å². The molecule has 0 amide bonds. The molecule has 0 heterocycles. The quantitative estimate of drug-likeness (QED) is 0.443. The summed E-state index contributed by atoms with van der Waals surface area (Å²) in [6, 6.07) is 15.8. The van der Waals surface area contributed by atoms with Crippen LogP contribution in [-0.2, 0) is 0 Å². The molecule has 30 heavy (non-hydrogen) atoms. The summed E-state index contributed by atoms with van der Waals surface area (Å²) in [6.45, 7) is -0.476. The van der Waals surface area contributed by atoms with Crippen LogP contribution in [0.25, 0.3) is 11.1 Å². The number of fused-ring (bicyclic) bond motifs is 1. The lowest BCUT2D eigenvalue weighted by Gasteiger charge is -2.42. The Balaban J connectivity index is 1.35. The van der Waals surface area contributed by atoms with Crippen LogP contribution >= 0.6 is 0 Å². The molecular weight excluding hydrogens is 378 g/mol. The van der Waals surface area contributed by atoms with Crippen molar-refractivity contribution in [2.75, 3.05) is 0 Å². The lowest BCUT2D eigenvalue weighted by molar-refractivity contribution is -0.0498. The molecule has 0 aromatic heterocycles. The fraction of sp³-hybridized carbons (Fsp3) is 0.556. The van der Waals surface area contributed by atoms with Crippen LogP contribution in [0.15, 0.2) is 48.5 Å². The molecule has 2 saturated carbocycles. The Morgan fingerprint density at radius 3 is 2.13 bits per heavy atom. The molecule has 0 saturated heterocycles. The first-order chi connectivity index (χ1) is 14.6. The minimum Gasteiger partial charge on any atom is -0.435 e. The Bertz CT molecular complexity index is 784. The van der Waals surface area contributed by atoms with Crippen molar-refractivity contribution < 1.29 is 13.5 Å². The Hall–Kier alpha value is -1.90. The van der Waals surface area contributed by atoms with Gasteiger partial charge in [0.2, 0.25) is 0 Å². The van der Waals surface area contributed by atoms with Crippen LogP contribution in [0.3, 0.4) is 0 Å². The maximum atomic E-state index is 12.3. The van der Waals surface area contributed by atoms with E-state index in [0.717, 1.165) is 28.9 Å². The molecule has 162 valence electrons. The summed E-state index contributed by atoms with van der Waals surface area (Å²) in [7, 11) is 0. The Morgan fingerprint density at radius 1 is 0.833 bits per heavy atom. The smallest absolute Gasteiger partial charge is 0.387 e. The first kappa shape index (κ1) is 21.3. The normalized spacial score (nSPS) is 26.4. The molecule has 2 fully saturated rings. The number of rotatable bonds is 7. The minimum absolute atomic E-state index is 0.201. The third-order valence-electron chi connectivity index (χ3n) is 7.48. The average molecular weight is 413 g/mol. The van der Waals surface area contributed by atoms with Crippen molar-refractivity contribution >= 4 is 0 Å². The molecule has 4 atom stereocenters. The summed E-state index contributed by atoms with van der Waals surface area (Å²) >= 11 is 0. The Labute approximate surface area is 179 Å². The molecule has 1 nitrogen and oxygen atoms in total. The zero-order chi connectivity index (χ0) is 20.9. The van der Waals surface area contributed by atoms with Crippen LogP contribution in [0, 0.1) is 17.8 Å². The largest absolute Gasteiger partial charge is 0.435 e. The van der Waals surface area contributed by atoms with E-state index >= 15 is 0 Å². The van der Waals surface area contributed by atoms with Crippen LogP contribution in [-0.4, -0.2) is 6.61 Å². The van der Waals surface area contributed by atoms with Crippen molar-refractivity contribution in [2.24, 2.45) is 17.8 Å². The molecule has 0 bridgehead atoms. The predicted octanol–water partition coefficient (Wildman–Crippen LogP) is 8.45. The van der Waals surface area contributed by atoms with Crippen LogP contribution in [0.5, 0.6) is 5.75 Å². The number of ether oxygens (including phenoxy) is 1. The first-order valence-corrected chi connectivity index (χ1v) is 11.8. The van der Waals surface area contributed by atoms with E-state index in [1.807, 2.05) is 12.1 Å². The molecule has 3 heteroatoms. The van der Waals surface area contributed by atoms with Crippen molar-refractivity contribution in [1.29, 1.82) is 0 Å². The van der Waals surface area contributed by atoms with Gasteiger partial charge in [0.15, 0.2) is 0 Å². The Morgan fingerprint density at radius 2 is 1.47 bits per heavy atom. The van der Waals surface area contributed by atoms with E-state index in [4.69, 9.17) is 0 Å². The van der Waals surface area contributed by atoms with Crippen molar-refractivity contribution in [3.8, 4) is 16.9 Å². The van der Waals surface area contributed by atoms with Crippen LogP contribution in [0.4, 0.5) is 8.78 Å². The second-order valence-electron chi connectivity index (χ2n) is 9.38. The van der Waals surface area contributed by atoms with Gasteiger partial charge in [-0.15, -0.1) is 0 Å². The number of benzene rings is 2. The number of alkyl halides is 2. The monoisotopic (exact) mass is 412 g/mol. The summed E-state index contributed by atoms with van der Waals surface area (Å²) in [5, 5.41) is 0. The van der Waals surface area contributed by atoms with Gasteiger partial charge in [0.1, 0.15) is 5.75 Å². The van der Waals surface area contributed by atoms with Crippen molar-refractivity contribution in [3.05, 3.63) is 54.1 Å². The van der Waals surface area contributed by atoms with Gasteiger partial charge in [-0.1, -0.05) is 69.0 Å². The lowest BCUT2D eigenvalue weighted by Crippen LogP contribution is -2.30. The summed E-state index contributed by atoms with van der Waals surface area (Å²) in [6.07, 6.45) is 12.6. The third kappa shape index (κ3) is 5.22. The highest BCUT2D eigenvalue weighted by Gasteiger charge is 2.35. The van der Waals surface area contributed by atoms with Gasteiger partial charge < -0.3 is 4.74 Å². The molecule has 0 aliphatic heterocycles. The summed E-state index contributed by atoms with van der Waals surface area (Å²) in [5.41, 5.74) is 3.60. The molecule has 2 aromatic rings. The van der Waals surface area contributed by atoms with Gasteiger partial charge in [-0.25, -0.2) is 0 Å². The highest BCUT2D eigenvalue weighted by molar-refractivity contribution is 5.64. The van der Waals surface area contributed by atoms with Gasteiger partial charge in [0, 0.05) is 0 Å². The fourth-order valence-electron chi connectivity index (χ4n) is 5.82. The third-order valence-corrected chi connectivity index (χ3v) is 7.48. The van der Waals surface area contributed by atoms with Crippen molar-refractivity contribution in [1.82, 2.24) is 0 Å².